The highest BCUT2D eigenvalue weighted by Crippen LogP contribution is 2.35. The molecule has 186 valence electrons. The van der Waals surface area contributed by atoms with E-state index in [1.54, 1.807) is 30.3 Å². The van der Waals surface area contributed by atoms with Crippen molar-refractivity contribution in [1.82, 2.24) is 4.90 Å². The Morgan fingerprint density at radius 1 is 0.972 bits per heavy atom. The number of rotatable bonds is 7. The predicted molar refractivity (Wildman–Crippen MR) is 148 cm³/mol. The van der Waals surface area contributed by atoms with Crippen molar-refractivity contribution < 1.29 is 9.59 Å². The van der Waals surface area contributed by atoms with E-state index < -0.39 is 0 Å². The van der Waals surface area contributed by atoms with Crippen LogP contribution in [0.1, 0.15) is 30.9 Å². The number of carbonyl (C=O) groups excluding carboxylic acids is 2. The van der Waals surface area contributed by atoms with Crippen LogP contribution in [0.2, 0.25) is 5.02 Å². The van der Waals surface area contributed by atoms with Crippen LogP contribution >= 0.6 is 11.6 Å². The third-order valence-electron chi connectivity index (χ3n) is 6.54. The molecule has 6 nitrogen and oxygen atoms in total. The summed E-state index contributed by atoms with van der Waals surface area (Å²) in [5.41, 5.74) is 9.73. The van der Waals surface area contributed by atoms with Crippen molar-refractivity contribution in [3.63, 3.8) is 0 Å². The van der Waals surface area contributed by atoms with E-state index in [9.17, 15) is 9.59 Å². The SMILES string of the molecule is CC(C)N1CC(C(=O)Nc2ccc(Cl)cc2)C(c2ccc(/C=C/C(=O)Nc3ccccc3N)cc2)C1. The first-order chi connectivity index (χ1) is 17.3. The van der Waals surface area contributed by atoms with Crippen molar-refractivity contribution in [2.45, 2.75) is 25.8 Å². The summed E-state index contributed by atoms with van der Waals surface area (Å²) in [7, 11) is 0. The van der Waals surface area contributed by atoms with Crippen molar-refractivity contribution in [3.8, 4) is 0 Å². The first kappa shape index (κ1) is 25.5. The van der Waals surface area contributed by atoms with Crippen molar-refractivity contribution >= 4 is 46.6 Å². The van der Waals surface area contributed by atoms with Gasteiger partial charge < -0.3 is 16.4 Å². The van der Waals surface area contributed by atoms with E-state index in [4.69, 9.17) is 17.3 Å². The molecule has 1 saturated heterocycles. The Morgan fingerprint density at radius 2 is 1.67 bits per heavy atom. The molecule has 1 aliphatic heterocycles. The fourth-order valence-corrected chi connectivity index (χ4v) is 4.56. The molecule has 4 rings (SSSR count). The van der Waals surface area contributed by atoms with Gasteiger partial charge in [0.2, 0.25) is 11.8 Å². The minimum atomic E-state index is -0.251. The smallest absolute Gasteiger partial charge is 0.248 e. The van der Waals surface area contributed by atoms with Crippen LogP contribution < -0.4 is 16.4 Å². The molecule has 0 aromatic heterocycles. The summed E-state index contributed by atoms with van der Waals surface area (Å²) >= 11 is 5.98. The summed E-state index contributed by atoms with van der Waals surface area (Å²) in [6, 6.07) is 22.7. The van der Waals surface area contributed by atoms with Crippen LogP contribution in [-0.4, -0.2) is 35.8 Å². The Bertz CT molecular complexity index is 1240. The summed E-state index contributed by atoms with van der Waals surface area (Å²) in [6.45, 7) is 5.82. The number of halogens is 1. The molecule has 36 heavy (non-hydrogen) atoms. The number of hydrogen-bond donors (Lipinski definition) is 3. The zero-order valence-electron chi connectivity index (χ0n) is 20.4. The Balaban J connectivity index is 1.44. The number of carbonyl (C=O) groups is 2. The Labute approximate surface area is 217 Å². The number of hydrogen-bond acceptors (Lipinski definition) is 4. The molecular weight excluding hydrogens is 472 g/mol. The number of likely N-dealkylation sites (tertiary alicyclic amines) is 1. The molecule has 0 bridgehead atoms. The van der Waals surface area contributed by atoms with Crippen molar-refractivity contribution in [3.05, 3.63) is 95.0 Å². The number of anilines is 3. The van der Waals surface area contributed by atoms with Gasteiger partial charge in [0.15, 0.2) is 0 Å². The average Bonchev–Trinajstić information content (AvgIpc) is 3.32. The lowest BCUT2D eigenvalue weighted by atomic mass is 9.88. The Morgan fingerprint density at radius 3 is 2.33 bits per heavy atom. The van der Waals surface area contributed by atoms with Gasteiger partial charge in [-0.15, -0.1) is 0 Å². The highest BCUT2D eigenvalue weighted by atomic mass is 35.5. The summed E-state index contributed by atoms with van der Waals surface area (Å²) in [5, 5.41) is 6.47. The van der Waals surface area contributed by atoms with Crippen LogP contribution in [-0.2, 0) is 9.59 Å². The maximum absolute atomic E-state index is 13.2. The lowest BCUT2D eigenvalue weighted by molar-refractivity contribution is -0.120. The lowest BCUT2D eigenvalue weighted by Gasteiger charge is -2.20. The molecule has 1 aliphatic rings. The molecule has 2 amide bonds. The minimum Gasteiger partial charge on any atom is -0.397 e. The van der Waals surface area contributed by atoms with Gasteiger partial charge in [-0.3, -0.25) is 14.5 Å². The number of nitrogens with zero attached hydrogens (tertiary/aromatic N) is 1. The summed E-state index contributed by atoms with van der Waals surface area (Å²) in [4.78, 5) is 27.9. The van der Waals surface area contributed by atoms with Crippen molar-refractivity contribution in [2.75, 3.05) is 29.5 Å². The standard InChI is InChI=1S/C29H31ClN4O2/c1-19(2)34-17-24(25(18-34)29(36)32-23-14-12-22(30)13-15-23)21-10-7-20(8-11-21)9-16-28(35)33-27-6-4-3-5-26(27)31/h3-16,19,24-25H,17-18,31H2,1-2H3,(H,32,36)(H,33,35)/b16-9+. The normalized spacial score (nSPS) is 18.0. The van der Waals surface area contributed by atoms with Gasteiger partial charge in [-0.25, -0.2) is 0 Å². The van der Waals surface area contributed by atoms with E-state index in [0.29, 0.717) is 29.0 Å². The quantitative estimate of drug-likeness (QED) is 0.288. The number of para-hydroxylation sites is 2. The van der Waals surface area contributed by atoms with E-state index in [0.717, 1.165) is 23.4 Å². The molecule has 4 N–H and O–H groups in total. The van der Waals surface area contributed by atoms with Gasteiger partial charge >= 0.3 is 0 Å². The van der Waals surface area contributed by atoms with Gasteiger partial charge in [0, 0.05) is 41.8 Å². The summed E-state index contributed by atoms with van der Waals surface area (Å²) in [5.74, 6) is -0.348. The highest BCUT2D eigenvalue weighted by Gasteiger charge is 2.39. The van der Waals surface area contributed by atoms with Crippen LogP contribution in [0.3, 0.4) is 0 Å². The van der Waals surface area contributed by atoms with E-state index in [1.165, 1.54) is 6.08 Å². The molecule has 3 aromatic carbocycles. The second-order valence-corrected chi connectivity index (χ2v) is 9.77. The molecule has 0 saturated carbocycles. The minimum absolute atomic E-state index is 0.00583. The van der Waals surface area contributed by atoms with Crippen molar-refractivity contribution in [1.29, 1.82) is 0 Å². The summed E-state index contributed by atoms with van der Waals surface area (Å²) < 4.78 is 0. The fraction of sp³-hybridized carbons (Fsp3) is 0.241. The van der Waals surface area contributed by atoms with Crippen LogP contribution in [0.25, 0.3) is 6.08 Å². The van der Waals surface area contributed by atoms with Crippen LogP contribution in [0.15, 0.2) is 78.9 Å². The first-order valence-corrected chi connectivity index (χ1v) is 12.4. The zero-order chi connectivity index (χ0) is 25.7. The van der Waals surface area contributed by atoms with E-state index in [1.807, 2.05) is 48.5 Å². The van der Waals surface area contributed by atoms with Gasteiger partial charge in [-0.05, 0) is 67.4 Å². The topological polar surface area (TPSA) is 87.5 Å². The maximum atomic E-state index is 13.2. The number of amides is 2. The van der Waals surface area contributed by atoms with Crippen molar-refractivity contribution in [2.24, 2.45) is 5.92 Å². The molecular formula is C29H31ClN4O2. The molecule has 2 atom stereocenters. The Hall–Kier alpha value is -3.61. The van der Waals surface area contributed by atoms with E-state index in [-0.39, 0.29) is 23.7 Å². The third kappa shape index (κ3) is 6.33. The molecule has 2 unspecified atom stereocenters. The molecule has 0 radical (unpaired) electrons. The van der Waals surface area contributed by atoms with Gasteiger partial charge in [-0.2, -0.15) is 0 Å². The molecule has 7 heteroatoms. The number of benzene rings is 3. The largest absolute Gasteiger partial charge is 0.397 e. The average molecular weight is 503 g/mol. The van der Waals surface area contributed by atoms with E-state index >= 15 is 0 Å². The van der Waals surface area contributed by atoms with E-state index in [2.05, 4.69) is 29.4 Å². The van der Waals surface area contributed by atoms with Crippen LogP contribution in [0.4, 0.5) is 17.1 Å². The monoisotopic (exact) mass is 502 g/mol. The molecule has 1 heterocycles. The van der Waals surface area contributed by atoms with Gasteiger partial charge in [0.05, 0.1) is 17.3 Å². The van der Waals surface area contributed by atoms with Crippen LogP contribution in [0, 0.1) is 5.92 Å². The highest BCUT2D eigenvalue weighted by molar-refractivity contribution is 6.30. The lowest BCUT2D eigenvalue weighted by Crippen LogP contribution is -2.31. The van der Waals surface area contributed by atoms with Gasteiger partial charge in [0.25, 0.3) is 0 Å². The predicted octanol–water partition coefficient (Wildman–Crippen LogP) is 5.64. The number of nitrogen functional groups attached to an aromatic ring is 1. The van der Waals surface area contributed by atoms with Crippen LogP contribution in [0.5, 0.6) is 0 Å². The Kier molecular flexibility index (Phi) is 8.08. The zero-order valence-corrected chi connectivity index (χ0v) is 21.2. The fourth-order valence-electron chi connectivity index (χ4n) is 4.44. The first-order valence-electron chi connectivity index (χ1n) is 12.0. The second-order valence-electron chi connectivity index (χ2n) is 9.33. The molecule has 0 aliphatic carbocycles. The molecule has 1 fully saturated rings. The number of nitrogens with one attached hydrogen (secondary N) is 2. The molecule has 3 aromatic rings. The maximum Gasteiger partial charge on any atom is 0.248 e. The molecule has 0 spiro atoms. The number of nitrogens with two attached hydrogens (primary N) is 1. The third-order valence-corrected chi connectivity index (χ3v) is 6.79. The second kappa shape index (κ2) is 11.4. The van der Waals surface area contributed by atoms with Gasteiger partial charge in [-0.1, -0.05) is 48.0 Å². The summed E-state index contributed by atoms with van der Waals surface area (Å²) in [6.07, 6.45) is 3.25. The van der Waals surface area contributed by atoms with Gasteiger partial charge in [0.1, 0.15) is 0 Å².